The van der Waals surface area contributed by atoms with E-state index in [0.29, 0.717) is 0 Å². The van der Waals surface area contributed by atoms with Gasteiger partial charge in [-0.05, 0) is 40.0 Å². The van der Waals surface area contributed by atoms with Gasteiger partial charge in [0.1, 0.15) is 0 Å². The molecule has 0 aromatic rings. The first-order valence-corrected chi connectivity index (χ1v) is 4.82. The maximum absolute atomic E-state index is 5.26. The third kappa shape index (κ3) is 4.73. The van der Waals surface area contributed by atoms with Gasteiger partial charge in [-0.15, -0.1) is 0 Å². The van der Waals surface area contributed by atoms with Crippen molar-refractivity contribution in [2.45, 2.75) is 58.7 Å². The zero-order chi connectivity index (χ0) is 9.19. The second-order valence-corrected chi connectivity index (χ2v) is 4.78. The Kier molecular flexibility index (Phi) is 3.13. The van der Waals surface area contributed by atoms with Crippen LogP contribution in [-0.4, -0.2) is 11.7 Å². The summed E-state index contributed by atoms with van der Waals surface area (Å²) < 4.78 is 0. The quantitative estimate of drug-likeness (QED) is 0.479. The van der Waals surface area contributed by atoms with Crippen LogP contribution in [0.2, 0.25) is 0 Å². The Labute approximate surface area is 75.2 Å². The van der Waals surface area contributed by atoms with E-state index in [1.165, 1.54) is 12.8 Å². The van der Waals surface area contributed by atoms with Crippen LogP contribution in [0.15, 0.2) is 0 Å². The topological polar surface area (TPSA) is 18.5 Å². The van der Waals surface area contributed by atoms with Gasteiger partial charge in [-0.3, -0.25) is 0 Å². The monoisotopic (exact) mass is 172 g/mol. The normalized spacial score (nSPS) is 21.0. The van der Waals surface area contributed by atoms with E-state index < -0.39 is 0 Å². The van der Waals surface area contributed by atoms with Crippen molar-refractivity contribution >= 4 is 0 Å². The predicted molar refractivity (Wildman–Crippen MR) is 48.7 cm³/mol. The Balaban J connectivity index is 2.04. The van der Waals surface area contributed by atoms with Crippen LogP contribution in [0.3, 0.4) is 0 Å². The summed E-state index contributed by atoms with van der Waals surface area (Å²) in [5, 5.41) is 0. The lowest BCUT2D eigenvalue weighted by Crippen LogP contribution is -2.23. The van der Waals surface area contributed by atoms with Crippen LogP contribution in [0, 0.1) is 5.92 Å². The van der Waals surface area contributed by atoms with Gasteiger partial charge in [0.25, 0.3) is 0 Å². The van der Waals surface area contributed by atoms with Crippen molar-refractivity contribution in [3.8, 4) is 0 Å². The summed E-state index contributed by atoms with van der Waals surface area (Å²) in [6, 6.07) is 0. The molecule has 1 fully saturated rings. The van der Waals surface area contributed by atoms with E-state index in [1.807, 2.05) is 20.8 Å². The Morgan fingerprint density at radius 1 is 1.33 bits per heavy atom. The molecule has 2 heteroatoms. The van der Waals surface area contributed by atoms with Gasteiger partial charge in [-0.25, -0.2) is 9.78 Å². The van der Waals surface area contributed by atoms with Gasteiger partial charge >= 0.3 is 0 Å². The first-order chi connectivity index (χ1) is 5.47. The number of rotatable bonds is 4. The molecule has 0 saturated heterocycles. The fourth-order valence-electron chi connectivity index (χ4n) is 1.09. The lowest BCUT2D eigenvalue weighted by atomic mass is 10.2. The summed E-state index contributed by atoms with van der Waals surface area (Å²) in [5.41, 5.74) is -0.183. The van der Waals surface area contributed by atoms with Gasteiger partial charge in [-0.1, -0.05) is 12.8 Å². The zero-order valence-electron chi connectivity index (χ0n) is 8.59. The molecule has 1 unspecified atom stereocenters. The molecule has 1 aliphatic carbocycles. The SMILES string of the molecule is CC(CC1CC1)OOC(C)(C)C. The fraction of sp³-hybridized carbons (Fsp3) is 1.00. The molecule has 0 amide bonds. The fourth-order valence-corrected chi connectivity index (χ4v) is 1.09. The highest BCUT2D eigenvalue weighted by molar-refractivity contribution is 4.75. The minimum Gasteiger partial charge on any atom is -0.233 e. The van der Waals surface area contributed by atoms with Crippen LogP contribution in [0.4, 0.5) is 0 Å². The molecule has 2 nitrogen and oxygen atoms in total. The van der Waals surface area contributed by atoms with Gasteiger partial charge < -0.3 is 0 Å². The van der Waals surface area contributed by atoms with E-state index in [-0.39, 0.29) is 11.7 Å². The highest BCUT2D eigenvalue weighted by Gasteiger charge is 2.25. The van der Waals surface area contributed by atoms with Crippen molar-refractivity contribution in [2.75, 3.05) is 0 Å². The largest absolute Gasteiger partial charge is 0.233 e. The second-order valence-electron chi connectivity index (χ2n) is 4.78. The van der Waals surface area contributed by atoms with Gasteiger partial charge in [0.2, 0.25) is 0 Å². The smallest absolute Gasteiger partial charge is 0.0952 e. The maximum atomic E-state index is 5.26. The van der Waals surface area contributed by atoms with Crippen molar-refractivity contribution in [3.05, 3.63) is 0 Å². The molecule has 12 heavy (non-hydrogen) atoms. The first kappa shape index (κ1) is 10.0. The molecule has 0 aliphatic heterocycles. The molecule has 72 valence electrons. The van der Waals surface area contributed by atoms with Gasteiger partial charge in [0.15, 0.2) is 0 Å². The molecule has 0 heterocycles. The summed E-state index contributed by atoms with van der Waals surface area (Å²) in [4.78, 5) is 10.5. The molecule has 0 aromatic heterocycles. The molecular formula is C10H20O2. The van der Waals surface area contributed by atoms with E-state index in [1.54, 1.807) is 0 Å². The van der Waals surface area contributed by atoms with Crippen LogP contribution < -0.4 is 0 Å². The standard InChI is InChI=1S/C10H20O2/c1-8(7-9-5-6-9)11-12-10(2,3)4/h8-9H,5-7H2,1-4H3. The number of hydrogen-bond acceptors (Lipinski definition) is 2. The summed E-state index contributed by atoms with van der Waals surface area (Å²) in [7, 11) is 0. The van der Waals surface area contributed by atoms with Crippen molar-refractivity contribution in [3.63, 3.8) is 0 Å². The van der Waals surface area contributed by atoms with E-state index in [4.69, 9.17) is 9.78 Å². The van der Waals surface area contributed by atoms with E-state index in [0.717, 1.165) is 12.3 Å². The molecule has 0 bridgehead atoms. The Hall–Kier alpha value is -0.0800. The van der Waals surface area contributed by atoms with Gasteiger partial charge in [0.05, 0.1) is 11.7 Å². The summed E-state index contributed by atoms with van der Waals surface area (Å²) in [6.45, 7) is 8.06. The molecule has 1 aliphatic rings. The summed E-state index contributed by atoms with van der Waals surface area (Å²) in [6.07, 6.45) is 4.15. The predicted octanol–water partition coefficient (Wildman–Crippen LogP) is 2.92. The van der Waals surface area contributed by atoms with Crippen LogP contribution in [0.5, 0.6) is 0 Å². The third-order valence-corrected chi connectivity index (χ3v) is 1.82. The van der Waals surface area contributed by atoms with Gasteiger partial charge in [0, 0.05) is 0 Å². The number of hydrogen-bond donors (Lipinski definition) is 0. The molecule has 1 saturated carbocycles. The summed E-state index contributed by atoms with van der Waals surface area (Å²) >= 11 is 0. The zero-order valence-corrected chi connectivity index (χ0v) is 8.59. The van der Waals surface area contributed by atoms with Gasteiger partial charge in [-0.2, -0.15) is 0 Å². The molecule has 0 radical (unpaired) electrons. The Morgan fingerprint density at radius 3 is 2.33 bits per heavy atom. The van der Waals surface area contributed by atoms with Crippen LogP contribution >= 0.6 is 0 Å². The molecular weight excluding hydrogens is 152 g/mol. The minimum absolute atomic E-state index is 0.183. The lowest BCUT2D eigenvalue weighted by Gasteiger charge is -2.20. The average Bonchev–Trinajstić information content (AvgIpc) is 2.66. The summed E-state index contributed by atoms with van der Waals surface area (Å²) in [5.74, 6) is 0.906. The third-order valence-electron chi connectivity index (χ3n) is 1.82. The first-order valence-electron chi connectivity index (χ1n) is 4.82. The van der Waals surface area contributed by atoms with E-state index in [2.05, 4.69) is 6.92 Å². The maximum Gasteiger partial charge on any atom is 0.0952 e. The molecule has 1 rings (SSSR count). The average molecular weight is 172 g/mol. The molecule has 1 atom stereocenters. The molecule has 0 spiro atoms. The van der Waals surface area contributed by atoms with Crippen molar-refractivity contribution in [1.29, 1.82) is 0 Å². The van der Waals surface area contributed by atoms with Crippen LogP contribution in [0.25, 0.3) is 0 Å². The lowest BCUT2D eigenvalue weighted by molar-refractivity contribution is -0.371. The Morgan fingerprint density at radius 2 is 1.92 bits per heavy atom. The van der Waals surface area contributed by atoms with E-state index >= 15 is 0 Å². The van der Waals surface area contributed by atoms with E-state index in [9.17, 15) is 0 Å². The van der Waals surface area contributed by atoms with Crippen molar-refractivity contribution in [2.24, 2.45) is 5.92 Å². The molecule has 0 N–H and O–H groups in total. The Bertz CT molecular complexity index is 133. The van der Waals surface area contributed by atoms with Crippen LogP contribution in [0.1, 0.15) is 47.0 Å². The highest BCUT2D eigenvalue weighted by atomic mass is 17.2. The van der Waals surface area contributed by atoms with Crippen LogP contribution in [-0.2, 0) is 9.78 Å². The minimum atomic E-state index is -0.183. The van der Waals surface area contributed by atoms with Crippen molar-refractivity contribution < 1.29 is 9.78 Å². The second kappa shape index (κ2) is 3.75. The highest BCUT2D eigenvalue weighted by Crippen LogP contribution is 2.34. The molecule has 0 aromatic carbocycles. The van der Waals surface area contributed by atoms with Crippen molar-refractivity contribution in [1.82, 2.24) is 0 Å².